The Morgan fingerprint density at radius 2 is 2.19 bits per heavy atom. The molecule has 1 saturated carbocycles. The van der Waals surface area contributed by atoms with Crippen molar-refractivity contribution in [3.63, 3.8) is 0 Å². The highest BCUT2D eigenvalue weighted by atomic mass is 19.1. The van der Waals surface area contributed by atoms with E-state index >= 15 is 0 Å². The van der Waals surface area contributed by atoms with Crippen LogP contribution in [0.2, 0.25) is 0 Å². The molecular formula is C14H17FN2O4. The highest BCUT2D eigenvalue weighted by Gasteiger charge is 2.35. The Balaban J connectivity index is 2.37. The second kappa shape index (κ2) is 6.07. The Labute approximate surface area is 121 Å². The molecule has 1 aromatic carbocycles. The molecule has 0 radical (unpaired) electrons. The lowest BCUT2D eigenvalue weighted by Crippen LogP contribution is -2.33. The van der Waals surface area contributed by atoms with Gasteiger partial charge >= 0.3 is 5.97 Å². The molecule has 0 aliphatic heterocycles. The molecule has 0 spiro atoms. The van der Waals surface area contributed by atoms with E-state index in [4.69, 9.17) is 4.74 Å². The number of hydrogen-bond donors (Lipinski definition) is 0. The zero-order valence-electron chi connectivity index (χ0n) is 12.0. The first-order valence-electron chi connectivity index (χ1n) is 6.80. The number of carbonyl (C=O) groups excluding carboxylic acids is 1. The van der Waals surface area contributed by atoms with Crippen molar-refractivity contribution in [3.8, 4) is 0 Å². The summed E-state index contributed by atoms with van der Waals surface area (Å²) in [6.07, 6.45) is 1.71. The van der Waals surface area contributed by atoms with Crippen molar-refractivity contribution in [2.75, 3.05) is 18.1 Å². The van der Waals surface area contributed by atoms with Gasteiger partial charge in [-0.3, -0.25) is 14.9 Å². The number of halogens is 1. The van der Waals surface area contributed by atoms with E-state index in [1.54, 1.807) is 11.8 Å². The Morgan fingerprint density at radius 1 is 1.52 bits per heavy atom. The minimum atomic E-state index is -0.627. The minimum absolute atomic E-state index is 0.0651. The standard InChI is InChI=1S/C14H17FN2O4/c1-3-21-14(18)8-16(10-4-5-10)12-6-9(2)11(15)7-13(12)17(19)20/h6-7,10H,3-5,8H2,1-2H3. The maximum absolute atomic E-state index is 13.6. The van der Waals surface area contributed by atoms with Crippen molar-refractivity contribution in [1.29, 1.82) is 0 Å². The van der Waals surface area contributed by atoms with Crippen LogP contribution in [0.3, 0.4) is 0 Å². The van der Waals surface area contributed by atoms with E-state index in [9.17, 15) is 19.3 Å². The van der Waals surface area contributed by atoms with E-state index in [0.717, 1.165) is 18.9 Å². The van der Waals surface area contributed by atoms with Gasteiger partial charge < -0.3 is 9.64 Å². The highest BCUT2D eigenvalue weighted by molar-refractivity contribution is 5.78. The monoisotopic (exact) mass is 296 g/mol. The highest BCUT2D eigenvalue weighted by Crippen LogP contribution is 2.38. The first-order chi connectivity index (χ1) is 9.93. The van der Waals surface area contributed by atoms with Crippen molar-refractivity contribution in [1.82, 2.24) is 0 Å². The molecule has 6 nitrogen and oxygen atoms in total. The summed E-state index contributed by atoms with van der Waals surface area (Å²) in [7, 11) is 0. The Bertz CT molecular complexity index is 572. The Hall–Kier alpha value is -2.18. The van der Waals surface area contributed by atoms with Crippen LogP contribution in [0.15, 0.2) is 12.1 Å². The fourth-order valence-electron chi connectivity index (χ4n) is 2.17. The quantitative estimate of drug-likeness (QED) is 0.458. The molecule has 114 valence electrons. The van der Waals surface area contributed by atoms with Gasteiger partial charge in [0, 0.05) is 6.04 Å². The lowest BCUT2D eigenvalue weighted by molar-refractivity contribution is -0.384. The summed E-state index contributed by atoms with van der Waals surface area (Å²) in [6.45, 7) is 3.42. The number of carbonyl (C=O) groups is 1. The smallest absolute Gasteiger partial charge is 0.325 e. The van der Waals surface area contributed by atoms with Gasteiger partial charge in [0.15, 0.2) is 0 Å². The van der Waals surface area contributed by atoms with Gasteiger partial charge in [0.1, 0.15) is 18.0 Å². The van der Waals surface area contributed by atoms with Crippen molar-refractivity contribution < 1.29 is 18.8 Å². The van der Waals surface area contributed by atoms with Gasteiger partial charge in [0.25, 0.3) is 5.69 Å². The van der Waals surface area contributed by atoms with Crippen molar-refractivity contribution in [2.45, 2.75) is 32.7 Å². The van der Waals surface area contributed by atoms with Crippen LogP contribution in [0.4, 0.5) is 15.8 Å². The first-order valence-corrected chi connectivity index (χ1v) is 6.80. The predicted octanol–water partition coefficient (Wildman–Crippen LogP) is 2.57. The summed E-state index contributed by atoms with van der Waals surface area (Å²) < 4.78 is 18.5. The van der Waals surface area contributed by atoms with Crippen LogP contribution in [0.5, 0.6) is 0 Å². The topological polar surface area (TPSA) is 72.7 Å². The minimum Gasteiger partial charge on any atom is -0.465 e. The summed E-state index contributed by atoms with van der Waals surface area (Å²) >= 11 is 0. The molecular weight excluding hydrogens is 279 g/mol. The average molecular weight is 296 g/mol. The van der Waals surface area contributed by atoms with Gasteiger partial charge in [0.2, 0.25) is 0 Å². The normalized spacial score (nSPS) is 13.9. The molecule has 0 atom stereocenters. The number of benzene rings is 1. The van der Waals surface area contributed by atoms with E-state index < -0.39 is 16.7 Å². The third-order valence-electron chi connectivity index (χ3n) is 3.35. The van der Waals surface area contributed by atoms with Gasteiger partial charge in [-0.2, -0.15) is 0 Å². The third-order valence-corrected chi connectivity index (χ3v) is 3.35. The molecule has 7 heteroatoms. The van der Waals surface area contributed by atoms with Crippen LogP contribution in [0.1, 0.15) is 25.3 Å². The number of esters is 1. The summed E-state index contributed by atoms with van der Waals surface area (Å²) in [6, 6.07) is 2.40. The molecule has 0 heterocycles. The molecule has 0 bridgehead atoms. The summed E-state index contributed by atoms with van der Waals surface area (Å²) in [4.78, 5) is 23.8. The molecule has 0 unspecified atom stereocenters. The summed E-state index contributed by atoms with van der Waals surface area (Å²) in [5.74, 6) is -1.07. The van der Waals surface area contributed by atoms with E-state index in [1.165, 1.54) is 13.0 Å². The zero-order valence-corrected chi connectivity index (χ0v) is 12.0. The first kappa shape index (κ1) is 15.2. The zero-order chi connectivity index (χ0) is 15.6. The molecule has 1 fully saturated rings. The number of nitro groups is 1. The number of rotatable bonds is 6. The van der Waals surface area contributed by atoms with Crippen LogP contribution >= 0.6 is 0 Å². The Morgan fingerprint density at radius 3 is 2.71 bits per heavy atom. The lowest BCUT2D eigenvalue weighted by atomic mass is 10.1. The third kappa shape index (κ3) is 3.48. The van der Waals surface area contributed by atoms with Gasteiger partial charge in [-0.05, 0) is 38.3 Å². The average Bonchev–Trinajstić information content (AvgIpc) is 3.23. The van der Waals surface area contributed by atoms with Crippen molar-refractivity contribution in [2.24, 2.45) is 0 Å². The molecule has 21 heavy (non-hydrogen) atoms. The van der Waals surface area contributed by atoms with Crippen molar-refractivity contribution >= 4 is 17.3 Å². The Kier molecular flexibility index (Phi) is 4.40. The van der Waals surface area contributed by atoms with Crippen LogP contribution in [-0.4, -0.2) is 30.1 Å². The van der Waals surface area contributed by atoms with E-state index in [0.29, 0.717) is 5.56 Å². The predicted molar refractivity (Wildman–Crippen MR) is 74.8 cm³/mol. The number of aryl methyl sites for hydroxylation is 1. The molecule has 0 N–H and O–H groups in total. The number of anilines is 1. The van der Waals surface area contributed by atoms with Crippen LogP contribution in [0, 0.1) is 22.9 Å². The second-order valence-corrected chi connectivity index (χ2v) is 5.01. The van der Waals surface area contributed by atoms with Crippen LogP contribution in [-0.2, 0) is 9.53 Å². The number of nitrogens with zero attached hydrogens (tertiary/aromatic N) is 2. The largest absolute Gasteiger partial charge is 0.465 e. The van der Waals surface area contributed by atoms with Gasteiger partial charge in [-0.25, -0.2) is 4.39 Å². The van der Waals surface area contributed by atoms with Crippen molar-refractivity contribution in [3.05, 3.63) is 33.6 Å². The SMILES string of the molecule is CCOC(=O)CN(c1cc(C)c(F)cc1[N+](=O)[O-])C1CC1. The van der Waals surface area contributed by atoms with Gasteiger partial charge in [-0.15, -0.1) is 0 Å². The fraction of sp³-hybridized carbons (Fsp3) is 0.500. The number of ether oxygens (including phenoxy) is 1. The summed E-state index contributed by atoms with van der Waals surface area (Å²) in [5.41, 5.74) is 0.258. The van der Waals surface area contributed by atoms with E-state index in [2.05, 4.69) is 0 Å². The molecule has 2 rings (SSSR count). The molecule has 0 aromatic heterocycles. The number of nitro benzene ring substituents is 1. The van der Waals surface area contributed by atoms with E-state index in [-0.39, 0.29) is 30.6 Å². The van der Waals surface area contributed by atoms with Gasteiger partial charge in [-0.1, -0.05) is 0 Å². The van der Waals surface area contributed by atoms with Gasteiger partial charge in [0.05, 0.1) is 17.6 Å². The molecule has 1 aromatic rings. The molecule has 0 saturated heterocycles. The lowest BCUT2D eigenvalue weighted by Gasteiger charge is -2.23. The molecule has 0 amide bonds. The fourth-order valence-corrected chi connectivity index (χ4v) is 2.17. The van der Waals surface area contributed by atoms with E-state index in [1.807, 2.05) is 0 Å². The molecule has 1 aliphatic rings. The summed E-state index contributed by atoms with van der Waals surface area (Å²) in [5, 5.41) is 11.1. The number of hydrogen-bond acceptors (Lipinski definition) is 5. The maximum Gasteiger partial charge on any atom is 0.325 e. The maximum atomic E-state index is 13.6. The van der Waals surface area contributed by atoms with Crippen LogP contribution in [0.25, 0.3) is 0 Å². The van der Waals surface area contributed by atoms with Crippen LogP contribution < -0.4 is 4.90 Å². The molecule has 1 aliphatic carbocycles. The second-order valence-electron chi connectivity index (χ2n) is 5.01.